The highest BCUT2D eigenvalue weighted by molar-refractivity contribution is 9.10. The average molecular weight is 335 g/mol. The van der Waals surface area contributed by atoms with Crippen LogP contribution >= 0.6 is 15.9 Å². The zero-order valence-electron chi connectivity index (χ0n) is 10.0. The molecule has 1 fully saturated rings. The third-order valence-corrected chi connectivity index (χ3v) is 4.71. The Morgan fingerprint density at radius 2 is 2.00 bits per heavy atom. The molecule has 1 aromatic rings. The number of hydrogen-bond acceptors (Lipinski definition) is 4. The summed E-state index contributed by atoms with van der Waals surface area (Å²) >= 11 is 3.29. The van der Waals surface area contributed by atoms with Crippen molar-refractivity contribution in [2.45, 2.75) is 11.8 Å². The van der Waals surface area contributed by atoms with E-state index in [1.54, 1.807) is 24.1 Å². The molecule has 0 spiro atoms. The molecule has 1 N–H and O–H groups in total. The Morgan fingerprint density at radius 1 is 1.33 bits per heavy atom. The van der Waals surface area contributed by atoms with Crippen molar-refractivity contribution < 1.29 is 13.2 Å². The van der Waals surface area contributed by atoms with E-state index in [2.05, 4.69) is 20.8 Å². The zero-order valence-corrected chi connectivity index (χ0v) is 12.4. The molecule has 18 heavy (non-hydrogen) atoms. The van der Waals surface area contributed by atoms with Crippen LogP contribution in [0.15, 0.2) is 27.6 Å². The SMILES string of the molecule is Cc1ccc(Br)cc1S(=O)(=O)NN1CCOCC1. The van der Waals surface area contributed by atoms with Gasteiger partial charge in [0.25, 0.3) is 10.0 Å². The normalized spacial score (nSPS) is 17.9. The maximum atomic E-state index is 12.3. The van der Waals surface area contributed by atoms with Gasteiger partial charge in [-0.05, 0) is 24.6 Å². The molecule has 1 heterocycles. The van der Waals surface area contributed by atoms with E-state index < -0.39 is 10.0 Å². The largest absolute Gasteiger partial charge is 0.379 e. The van der Waals surface area contributed by atoms with Crippen molar-refractivity contribution in [1.82, 2.24) is 9.84 Å². The quantitative estimate of drug-likeness (QED) is 0.904. The first-order valence-corrected chi connectivity index (χ1v) is 7.88. The van der Waals surface area contributed by atoms with Gasteiger partial charge in [0, 0.05) is 17.6 Å². The maximum Gasteiger partial charge on any atom is 0.253 e. The Hall–Kier alpha value is -0.470. The topological polar surface area (TPSA) is 58.6 Å². The second-order valence-corrected chi connectivity index (χ2v) is 6.65. The van der Waals surface area contributed by atoms with Gasteiger partial charge >= 0.3 is 0 Å². The predicted molar refractivity (Wildman–Crippen MR) is 71.6 cm³/mol. The maximum absolute atomic E-state index is 12.3. The molecule has 0 bridgehead atoms. The molecule has 1 aromatic carbocycles. The van der Waals surface area contributed by atoms with Crippen LogP contribution in [0.2, 0.25) is 0 Å². The summed E-state index contributed by atoms with van der Waals surface area (Å²) in [6, 6.07) is 5.21. The van der Waals surface area contributed by atoms with Gasteiger partial charge in [-0.2, -0.15) is 0 Å². The Kier molecular flexibility index (Phi) is 4.39. The van der Waals surface area contributed by atoms with Gasteiger partial charge in [0.2, 0.25) is 0 Å². The highest BCUT2D eigenvalue weighted by Gasteiger charge is 2.21. The van der Waals surface area contributed by atoms with Gasteiger partial charge in [0.05, 0.1) is 18.1 Å². The fourth-order valence-electron chi connectivity index (χ4n) is 1.74. The zero-order chi connectivity index (χ0) is 13.2. The van der Waals surface area contributed by atoms with E-state index in [1.165, 1.54) is 0 Å². The Bertz CT molecular complexity index is 527. The van der Waals surface area contributed by atoms with Gasteiger partial charge in [-0.3, -0.25) is 0 Å². The number of morpholine rings is 1. The number of rotatable bonds is 3. The average Bonchev–Trinajstić information content (AvgIpc) is 2.33. The summed E-state index contributed by atoms with van der Waals surface area (Å²) in [4.78, 5) is 2.88. The number of nitrogens with zero attached hydrogens (tertiary/aromatic N) is 1. The first kappa shape index (κ1) is 14.0. The van der Waals surface area contributed by atoms with E-state index in [0.29, 0.717) is 31.2 Å². The predicted octanol–water partition coefficient (Wildman–Crippen LogP) is 1.28. The van der Waals surface area contributed by atoms with Gasteiger partial charge in [0.15, 0.2) is 0 Å². The summed E-state index contributed by atoms with van der Waals surface area (Å²) in [6.07, 6.45) is 0. The highest BCUT2D eigenvalue weighted by Crippen LogP contribution is 2.20. The second-order valence-electron chi connectivity index (χ2n) is 4.10. The van der Waals surface area contributed by atoms with Crippen molar-refractivity contribution in [3.8, 4) is 0 Å². The lowest BCUT2D eigenvalue weighted by molar-refractivity contribution is 0.0272. The summed E-state index contributed by atoms with van der Waals surface area (Å²) in [6.45, 7) is 3.98. The monoisotopic (exact) mass is 334 g/mol. The first-order chi connectivity index (χ1) is 8.49. The summed E-state index contributed by atoms with van der Waals surface area (Å²) in [5.41, 5.74) is 0.721. The molecule has 0 aromatic heterocycles. The van der Waals surface area contributed by atoms with Gasteiger partial charge < -0.3 is 4.74 Å². The molecule has 1 aliphatic heterocycles. The summed E-state index contributed by atoms with van der Waals surface area (Å²) in [5, 5.41) is 1.67. The summed E-state index contributed by atoms with van der Waals surface area (Å²) < 4.78 is 30.4. The van der Waals surface area contributed by atoms with Crippen molar-refractivity contribution in [3.05, 3.63) is 28.2 Å². The lowest BCUT2D eigenvalue weighted by Gasteiger charge is -2.27. The van der Waals surface area contributed by atoms with Crippen molar-refractivity contribution in [1.29, 1.82) is 0 Å². The van der Waals surface area contributed by atoms with Crippen LogP contribution in [-0.2, 0) is 14.8 Å². The molecular weight excluding hydrogens is 320 g/mol. The van der Waals surface area contributed by atoms with Gasteiger partial charge in [0.1, 0.15) is 0 Å². The fraction of sp³-hybridized carbons (Fsp3) is 0.455. The minimum absolute atomic E-state index is 0.295. The first-order valence-electron chi connectivity index (χ1n) is 5.60. The van der Waals surface area contributed by atoms with E-state index in [9.17, 15) is 8.42 Å². The number of sulfonamides is 1. The summed E-state index contributed by atoms with van der Waals surface area (Å²) in [5.74, 6) is 0. The van der Waals surface area contributed by atoms with Crippen LogP contribution in [0.5, 0.6) is 0 Å². The molecule has 0 atom stereocenters. The fourth-order valence-corrected chi connectivity index (χ4v) is 3.64. The van der Waals surface area contributed by atoms with E-state index >= 15 is 0 Å². The van der Waals surface area contributed by atoms with Gasteiger partial charge in [-0.15, -0.1) is 4.83 Å². The van der Waals surface area contributed by atoms with E-state index in [0.717, 1.165) is 10.0 Å². The minimum Gasteiger partial charge on any atom is -0.379 e. The van der Waals surface area contributed by atoms with Crippen LogP contribution in [0.25, 0.3) is 0 Å². The molecule has 0 unspecified atom stereocenters. The van der Waals surface area contributed by atoms with Crippen LogP contribution in [-0.4, -0.2) is 39.7 Å². The smallest absolute Gasteiger partial charge is 0.253 e. The van der Waals surface area contributed by atoms with Crippen LogP contribution in [0.4, 0.5) is 0 Å². The number of benzene rings is 1. The van der Waals surface area contributed by atoms with E-state index in [1.807, 2.05) is 6.07 Å². The second kappa shape index (κ2) is 5.66. The van der Waals surface area contributed by atoms with Crippen molar-refractivity contribution in [2.24, 2.45) is 0 Å². The van der Waals surface area contributed by atoms with Gasteiger partial charge in [-0.25, -0.2) is 13.4 Å². The summed E-state index contributed by atoms with van der Waals surface area (Å²) in [7, 11) is -3.52. The van der Waals surface area contributed by atoms with Gasteiger partial charge in [-0.1, -0.05) is 22.0 Å². The lowest BCUT2D eigenvalue weighted by Crippen LogP contribution is -2.48. The molecule has 100 valence electrons. The molecule has 7 heteroatoms. The third kappa shape index (κ3) is 3.30. The lowest BCUT2D eigenvalue weighted by atomic mass is 10.2. The van der Waals surface area contributed by atoms with Crippen molar-refractivity contribution >= 4 is 26.0 Å². The van der Waals surface area contributed by atoms with Crippen molar-refractivity contribution in [3.63, 3.8) is 0 Å². The number of hydrogen-bond donors (Lipinski definition) is 1. The molecule has 0 saturated carbocycles. The van der Waals surface area contributed by atoms with E-state index in [-0.39, 0.29) is 0 Å². The molecule has 0 aliphatic carbocycles. The highest BCUT2D eigenvalue weighted by atomic mass is 79.9. The number of aryl methyl sites for hydroxylation is 1. The van der Waals surface area contributed by atoms with Crippen LogP contribution in [0.3, 0.4) is 0 Å². The van der Waals surface area contributed by atoms with Crippen LogP contribution in [0.1, 0.15) is 5.56 Å². The minimum atomic E-state index is -3.52. The molecule has 1 saturated heterocycles. The third-order valence-electron chi connectivity index (χ3n) is 2.70. The number of nitrogens with one attached hydrogen (secondary N) is 1. The molecule has 1 aliphatic rings. The molecule has 2 rings (SSSR count). The number of halogens is 1. The van der Waals surface area contributed by atoms with E-state index in [4.69, 9.17) is 4.74 Å². The van der Waals surface area contributed by atoms with Crippen LogP contribution in [0, 0.1) is 6.92 Å². The standard InChI is InChI=1S/C11H15BrN2O3S/c1-9-2-3-10(12)8-11(9)18(15,16)13-14-4-6-17-7-5-14/h2-3,8,13H,4-7H2,1H3. The number of ether oxygens (including phenoxy) is 1. The molecule has 5 nitrogen and oxygen atoms in total. The molecule has 0 radical (unpaired) electrons. The molecular formula is C11H15BrN2O3S. The Morgan fingerprint density at radius 3 is 2.67 bits per heavy atom. The Balaban J connectivity index is 2.21. The Labute approximate surface area is 115 Å². The molecule has 0 amide bonds. The van der Waals surface area contributed by atoms with Crippen molar-refractivity contribution in [2.75, 3.05) is 26.3 Å². The van der Waals surface area contributed by atoms with Crippen LogP contribution < -0.4 is 4.83 Å². The number of hydrazine groups is 1.